The van der Waals surface area contributed by atoms with Gasteiger partial charge in [0.15, 0.2) is 6.61 Å². The number of rotatable bonds is 8. The molecule has 0 spiro atoms. The number of primary amides is 1. The van der Waals surface area contributed by atoms with E-state index in [9.17, 15) is 9.59 Å². The van der Waals surface area contributed by atoms with E-state index in [1.54, 1.807) is 6.92 Å². The van der Waals surface area contributed by atoms with Crippen LogP contribution in [0.25, 0.3) is 11.3 Å². The molecule has 0 aliphatic heterocycles. The molecular formula is C23H25N3O4. The molecule has 1 aromatic heterocycles. The molecule has 0 saturated carbocycles. The van der Waals surface area contributed by atoms with Gasteiger partial charge in [0, 0.05) is 35.0 Å². The first kappa shape index (κ1) is 21.1. The van der Waals surface area contributed by atoms with Crippen molar-refractivity contribution in [2.24, 2.45) is 5.73 Å². The average molecular weight is 407 g/mol. The van der Waals surface area contributed by atoms with Crippen LogP contribution in [0.5, 0.6) is 0 Å². The average Bonchev–Trinajstić information content (AvgIpc) is 3.09. The van der Waals surface area contributed by atoms with E-state index in [0.717, 1.165) is 23.2 Å². The van der Waals surface area contributed by atoms with Gasteiger partial charge in [-0.15, -0.1) is 0 Å². The van der Waals surface area contributed by atoms with Crippen LogP contribution in [0.3, 0.4) is 0 Å². The lowest BCUT2D eigenvalue weighted by Gasteiger charge is -2.16. The number of amides is 1. The minimum atomic E-state index is -0.542. The molecule has 0 saturated heterocycles. The van der Waals surface area contributed by atoms with Crippen LogP contribution in [-0.2, 0) is 31.9 Å². The lowest BCUT2D eigenvalue weighted by molar-refractivity contribution is -0.143. The molecule has 3 rings (SSSR count). The van der Waals surface area contributed by atoms with Gasteiger partial charge in [0.25, 0.3) is 0 Å². The lowest BCUT2D eigenvalue weighted by atomic mass is 9.89. The summed E-state index contributed by atoms with van der Waals surface area (Å²) >= 11 is 0. The fourth-order valence-corrected chi connectivity index (χ4v) is 3.56. The van der Waals surface area contributed by atoms with E-state index >= 15 is 0 Å². The number of carbonyl (C=O) groups is 2. The summed E-state index contributed by atoms with van der Waals surface area (Å²) in [5.74, 6) is -0.780. The van der Waals surface area contributed by atoms with Crippen molar-refractivity contribution in [2.45, 2.75) is 26.2 Å². The highest BCUT2D eigenvalue weighted by molar-refractivity contribution is 6.20. The number of methoxy groups -OCH3 is 1. The molecule has 1 aromatic carbocycles. The summed E-state index contributed by atoms with van der Waals surface area (Å²) in [4.78, 5) is 27.2. The number of aromatic nitrogens is 1. The minimum absolute atomic E-state index is 0.239. The first-order valence-corrected chi connectivity index (χ1v) is 9.65. The molecule has 30 heavy (non-hydrogen) atoms. The molecule has 0 atom stereocenters. The minimum Gasteiger partial charge on any atom is -0.480 e. The number of ether oxygens (including phenoxy) is 2. The molecule has 1 heterocycles. The number of benzene rings is 1. The number of nitrogens with two attached hydrogens (primary N) is 1. The zero-order valence-corrected chi connectivity index (χ0v) is 17.1. The Balaban J connectivity index is 2.12. The Hall–Kier alpha value is -3.61. The molecule has 7 heteroatoms. The van der Waals surface area contributed by atoms with Crippen LogP contribution >= 0.6 is 0 Å². The van der Waals surface area contributed by atoms with Gasteiger partial charge < -0.3 is 25.6 Å². The zero-order chi connectivity index (χ0) is 21.7. The van der Waals surface area contributed by atoms with E-state index in [1.807, 2.05) is 36.4 Å². The smallest absolute Gasteiger partial charge is 0.343 e. The molecule has 0 unspecified atom stereocenters. The predicted octanol–water partition coefficient (Wildman–Crippen LogP) is 2.99. The van der Waals surface area contributed by atoms with E-state index in [-0.39, 0.29) is 18.1 Å². The van der Waals surface area contributed by atoms with Crippen LogP contribution in [0, 0.1) is 5.41 Å². The molecule has 7 nitrogen and oxygen atoms in total. The van der Waals surface area contributed by atoms with Crippen LogP contribution < -0.4 is 5.73 Å². The second-order valence-electron chi connectivity index (χ2n) is 7.07. The van der Waals surface area contributed by atoms with Crippen molar-refractivity contribution in [1.29, 1.82) is 5.41 Å². The van der Waals surface area contributed by atoms with Gasteiger partial charge in [-0.1, -0.05) is 36.4 Å². The molecular weight excluding hydrogens is 382 g/mol. The van der Waals surface area contributed by atoms with Gasteiger partial charge in [-0.2, -0.15) is 0 Å². The van der Waals surface area contributed by atoms with E-state index in [2.05, 4.69) is 9.72 Å². The number of hydrogen-bond donors (Lipinski definition) is 3. The number of H-pyrrole nitrogens is 1. The number of aromatic amines is 1. The van der Waals surface area contributed by atoms with Gasteiger partial charge >= 0.3 is 5.97 Å². The van der Waals surface area contributed by atoms with Crippen molar-refractivity contribution in [1.82, 2.24) is 4.98 Å². The van der Waals surface area contributed by atoms with Gasteiger partial charge in [-0.05, 0) is 30.9 Å². The molecule has 2 aromatic rings. The summed E-state index contributed by atoms with van der Waals surface area (Å²) < 4.78 is 10.3. The molecule has 4 N–H and O–H groups in total. The Morgan fingerprint density at radius 1 is 1.27 bits per heavy atom. The summed E-state index contributed by atoms with van der Waals surface area (Å²) in [6, 6.07) is 9.98. The summed E-state index contributed by atoms with van der Waals surface area (Å²) in [6.45, 7) is 1.29. The third kappa shape index (κ3) is 4.68. The summed E-state index contributed by atoms with van der Waals surface area (Å²) in [6.07, 6.45) is 5.43. The maximum absolute atomic E-state index is 12.2. The van der Waals surface area contributed by atoms with E-state index in [4.69, 9.17) is 15.9 Å². The van der Waals surface area contributed by atoms with Crippen molar-refractivity contribution >= 4 is 28.9 Å². The predicted molar refractivity (Wildman–Crippen MR) is 115 cm³/mol. The SMILES string of the molecule is COC(=O)CO/C(=C/C(C)=N)c1[nH]c(Cc2ccccc2)c2c1C(C(N)=O)=CCC2. The molecule has 1 aliphatic carbocycles. The van der Waals surface area contributed by atoms with E-state index < -0.39 is 11.9 Å². The van der Waals surface area contributed by atoms with Gasteiger partial charge in [0.1, 0.15) is 5.76 Å². The molecule has 0 radical (unpaired) electrons. The zero-order valence-electron chi connectivity index (χ0n) is 17.1. The Morgan fingerprint density at radius 2 is 2.00 bits per heavy atom. The molecule has 156 valence electrons. The number of fused-ring (bicyclic) bond motifs is 1. The fraction of sp³-hybridized carbons (Fsp3) is 0.261. The Kier molecular flexibility index (Phi) is 6.51. The summed E-state index contributed by atoms with van der Waals surface area (Å²) in [5, 5.41) is 7.87. The fourth-order valence-electron chi connectivity index (χ4n) is 3.56. The van der Waals surface area contributed by atoms with Crippen molar-refractivity contribution in [3.05, 3.63) is 70.6 Å². The maximum Gasteiger partial charge on any atom is 0.343 e. The number of hydrogen-bond acceptors (Lipinski definition) is 5. The molecule has 1 aliphatic rings. The number of allylic oxidation sites excluding steroid dienone is 2. The van der Waals surface area contributed by atoms with E-state index in [0.29, 0.717) is 29.7 Å². The Bertz CT molecular complexity index is 1030. The van der Waals surface area contributed by atoms with Crippen molar-refractivity contribution in [2.75, 3.05) is 13.7 Å². The van der Waals surface area contributed by atoms with Crippen LogP contribution in [0.2, 0.25) is 0 Å². The van der Waals surface area contributed by atoms with Crippen molar-refractivity contribution in [3.63, 3.8) is 0 Å². The maximum atomic E-state index is 12.2. The largest absolute Gasteiger partial charge is 0.480 e. The van der Waals surface area contributed by atoms with Crippen molar-refractivity contribution < 1.29 is 19.1 Å². The third-order valence-corrected chi connectivity index (χ3v) is 4.86. The van der Waals surface area contributed by atoms with Crippen molar-refractivity contribution in [3.8, 4) is 0 Å². The highest BCUT2D eigenvalue weighted by Gasteiger charge is 2.28. The number of carbonyl (C=O) groups excluding carboxylic acids is 2. The second kappa shape index (κ2) is 9.26. The number of esters is 1. The van der Waals surface area contributed by atoms with Gasteiger partial charge in [0.2, 0.25) is 5.91 Å². The quantitative estimate of drug-likeness (QED) is 0.354. The third-order valence-electron chi connectivity index (χ3n) is 4.86. The van der Waals surface area contributed by atoms with Crippen LogP contribution in [-0.4, -0.2) is 36.3 Å². The summed E-state index contributed by atoms with van der Waals surface area (Å²) in [7, 11) is 1.28. The highest BCUT2D eigenvalue weighted by Crippen LogP contribution is 2.36. The standard InChI is InChI=1S/C23H25N3O4/c1-14(24)11-19(30-13-20(27)29-2)22-21-16(9-6-10-17(21)23(25)28)18(26-22)12-15-7-4-3-5-8-15/h3-5,7-8,10-11,24,26H,6,9,12-13H2,1-2H3,(H2,25,28)/b19-11+,24-14?. The topological polar surface area (TPSA) is 118 Å². The monoisotopic (exact) mass is 407 g/mol. The first-order valence-electron chi connectivity index (χ1n) is 9.65. The van der Waals surface area contributed by atoms with Crippen LogP contribution in [0.4, 0.5) is 0 Å². The second-order valence-corrected chi connectivity index (χ2v) is 7.07. The lowest BCUT2D eigenvalue weighted by Crippen LogP contribution is -2.17. The van der Waals surface area contributed by atoms with Crippen LogP contribution in [0.1, 0.15) is 41.4 Å². The van der Waals surface area contributed by atoms with Gasteiger partial charge in [-0.3, -0.25) is 4.79 Å². The molecule has 0 fully saturated rings. The summed E-state index contributed by atoms with van der Waals surface area (Å²) in [5.41, 5.74) is 10.6. The molecule has 0 bridgehead atoms. The van der Waals surface area contributed by atoms with Crippen LogP contribution in [0.15, 0.2) is 42.5 Å². The normalized spacial score (nSPS) is 13.3. The highest BCUT2D eigenvalue weighted by atomic mass is 16.6. The molecule has 1 amide bonds. The van der Waals surface area contributed by atoms with Gasteiger partial charge in [0.05, 0.1) is 12.8 Å². The van der Waals surface area contributed by atoms with Gasteiger partial charge in [-0.25, -0.2) is 4.79 Å². The Labute approximate surface area is 175 Å². The Morgan fingerprint density at radius 3 is 2.63 bits per heavy atom. The number of nitrogens with one attached hydrogen (secondary N) is 2. The first-order chi connectivity index (χ1) is 14.4. The van der Waals surface area contributed by atoms with E-state index in [1.165, 1.54) is 13.2 Å².